The number of amides is 2. The Labute approximate surface area is 168 Å². The lowest BCUT2D eigenvalue weighted by Gasteiger charge is -2.22. The molecule has 0 spiro atoms. The standard InChI is InChI=1S/C22H21N3O4/c1-4-29-22(28)18-17-19(25(23-18)16-11-7-14(3)8-12-16)21(27)24(20(17)26)15-9-5-13(2)6-10-15/h5-12,17,19H,4H2,1-3H3/t17-,19+/m1/s1. The fourth-order valence-corrected chi connectivity index (χ4v) is 3.65. The van der Waals surface area contributed by atoms with Crippen LogP contribution < -0.4 is 9.91 Å². The Morgan fingerprint density at radius 2 is 1.48 bits per heavy atom. The molecule has 0 bridgehead atoms. The molecule has 2 aromatic carbocycles. The van der Waals surface area contributed by atoms with Crippen LogP contribution in [0.4, 0.5) is 11.4 Å². The summed E-state index contributed by atoms with van der Waals surface area (Å²) in [5, 5.41) is 5.80. The SMILES string of the molecule is CCOC(=O)C1=NN(c2ccc(C)cc2)[C@@H]2C(=O)N(c3ccc(C)cc3)C(=O)[C@H]12. The quantitative estimate of drug-likeness (QED) is 0.591. The monoisotopic (exact) mass is 391 g/mol. The molecule has 0 radical (unpaired) electrons. The van der Waals surface area contributed by atoms with E-state index in [0.29, 0.717) is 11.4 Å². The van der Waals surface area contributed by atoms with Crippen molar-refractivity contribution in [2.45, 2.75) is 26.8 Å². The number of carbonyl (C=O) groups excluding carboxylic acids is 3. The van der Waals surface area contributed by atoms with Gasteiger partial charge in [-0.1, -0.05) is 35.4 Å². The first-order chi connectivity index (χ1) is 13.9. The predicted molar refractivity (Wildman–Crippen MR) is 109 cm³/mol. The summed E-state index contributed by atoms with van der Waals surface area (Å²) in [6.45, 7) is 5.72. The van der Waals surface area contributed by atoms with Gasteiger partial charge in [0, 0.05) is 0 Å². The molecule has 0 unspecified atom stereocenters. The first-order valence-electron chi connectivity index (χ1n) is 9.48. The number of anilines is 2. The Hall–Kier alpha value is -3.48. The van der Waals surface area contributed by atoms with Crippen LogP contribution in [0.3, 0.4) is 0 Å². The number of ether oxygens (including phenoxy) is 1. The van der Waals surface area contributed by atoms with E-state index in [9.17, 15) is 14.4 Å². The maximum atomic E-state index is 13.3. The summed E-state index contributed by atoms with van der Waals surface area (Å²) >= 11 is 0. The number of hydrazone groups is 1. The van der Waals surface area contributed by atoms with E-state index in [0.717, 1.165) is 16.0 Å². The molecule has 1 fully saturated rings. The van der Waals surface area contributed by atoms with Crippen molar-refractivity contribution in [3.05, 3.63) is 59.7 Å². The van der Waals surface area contributed by atoms with Gasteiger partial charge in [0.1, 0.15) is 12.0 Å². The molecular weight excluding hydrogens is 370 g/mol. The van der Waals surface area contributed by atoms with Crippen molar-refractivity contribution in [3.63, 3.8) is 0 Å². The molecule has 2 aliphatic rings. The summed E-state index contributed by atoms with van der Waals surface area (Å²) in [7, 11) is 0. The van der Waals surface area contributed by atoms with E-state index >= 15 is 0 Å². The normalized spacial score (nSPS) is 20.7. The Bertz CT molecular complexity index is 1010. The zero-order valence-corrected chi connectivity index (χ0v) is 16.5. The summed E-state index contributed by atoms with van der Waals surface area (Å²) < 4.78 is 5.10. The van der Waals surface area contributed by atoms with Crippen molar-refractivity contribution in [1.29, 1.82) is 0 Å². The van der Waals surface area contributed by atoms with Crippen molar-refractivity contribution >= 4 is 34.9 Å². The minimum atomic E-state index is -0.996. The van der Waals surface area contributed by atoms with Crippen LogP contribution in [0, 0.1) is 19.8 Å². The third-order valence-corrected chi connectivity index (χ3v) is 5.12. The van der Waals surface area contributed by atoms with Crippen molar-refractivity contribution in [1.82, 2.24) is 0 Å². The lowest BCUT2D eigenvalue weighted by Crippen LogP contribution is -2.39. The zero-order chi connectivity index (χ0) is 20.7. The van der Waals surface area contributed by atoms with E-state index < -0.39 is 29.7 Å². The maximum Gasteiger partial charge on any atom is 0.355 e. The second-order valence-electron chi connectivity index (χ2n) is 7.16. The summed E-state index contributed by atoms with van der Waals surface area (Å²) in [6.07, 6.45) is 0. The summed E-state index contributed by atoms with van der Waals surface area (Å²) in [5.41, 5.74) is 3.14. The minimum absolute atomic E-state index is 0.0367. The lowest BCUT2D eigenvalue weighted by atomic mass is 9.97. The molecule has 2 aromatic rings. The van der Waals surface area contributed by atoms with Gasteiger partial charge in [-0.15, -0.1) is 0 Å². The first-order valence-corrected chi connectivity index (χ1v) is 9.48. The molecule has 7 nitrogen and oxygen atoms in total. The van der Waals surface area contributed by atoms with E-state index in [1.807, 2.05) is 50.2 Å². The minimum Gasteiger partial charge on any atom is -0.461 e. The van der Waals surface area contributed by atoms with Crippen LogP contribution in [-0.4, -0.2) is 36.1 Å². The van der Waals surface area contributed by atoms with Crippen molar-refractivity contribution in [3.8, 4) is 0 Å². The molecule has 0 saturated carbocycles. The molecule has 0 aromatic heterocycles. The van der Waals surface area contributed by atoms with Crippen LogP contribution >= 0.6 is 0 Å². The molecule has 2 heterocycles. The zero-order valence-electron chi connectivity index (χ0n) is 16.5. The highest BCUT2D eigenvalue weighted by molar-refractivity contribution is 6.47. The van der Waals surface area contributed by atoms with Gasteiger partial charge in [0.25, 0.3) is 5.91 Å². The highest BCUT2D eigenvalue weighted by Gasteiger charge is 2.59. The topological polar surface area (TPSA) is 79.3 Å². The predicted octanol–water partition coefficient (Wildman–Crippen LogP) is 2.60. The average molecular weight is 391 g/mol. The largest absolute Gasteiger partial charge is 0.461 e. The van der Waals surface area contributed by atoms with Crippen LogP contribution in [-0.2, 0) is 19.1 Å². The highest BCUT2D eigenvalue weighted by Crippen LogP contribution is 2.38. The molecule has 4 rings (SSSR count). The van der Waals surface area contributed by atoms with E-state index in [1.165, 1.54) is 5.01 Å². The fourth-order valence-electron chi connectivity index (χ4n) is 3.65. The van der Waals surface area contributed by atoms with E-state index in [2.05, 4.69) is 5.10 Å². The Morgan fingerprint density at radius 1 is 0.931 bits per heavy atom. The number of aryl methyl sites for hydroxylation is 2. The summed E-state index contributed by atoms with van der Waals surface area (Å²) in [6, 6.07) is 13.6. The molecule has 29 heavy (non-hydrogen) atoms. The Morgan fingerprint density at radius 3 is 2.03 bits per heavy atom. The number of rotatable bonds is 4. The third kappa shape index (κ3) is 3.08. The van der Waals surface area contributed by atoms with Gasteiger partial charge < -0.3 is 4.74 Å². The van der Waals surface area contributed by atoms with Gasteiger partial charge in [0.15, 0.2) is 5.71 Å². The molecule has 0 N–H and O–H groups in total. The molecule has 7 heteroatoms. The van der Waals surface area contributed by atoms with Crippen molar-refractivity contribution in [2.75, 3.05) is 16.5 Å². The van der Waals surface area contributed by atoms with Gasteiger partial charge in [0.05, 0.1) is 18.0 Å². The van der Waals surface area contributed by atoms with Crippen LogP contribution in [0.1, 0.15) is 18.1 Å². The van der Waals surface area contributed by atoms with Gasteiger partial charge in [-0.2, -0.15) is 5.10 Å². The maximum absolute atomic E-state index is 13.3. The number of hydrogen-bond donors (Lipinski definition) is 0. The number of imide groups is 1. The van der Waals surface area contributed by atoms with Crippen LogP contribution in [0.5, 0.6) is 0 Å². The van der Waals surface area contributed by atoms with Gasteiger partial charge in [-0.05, 0) is 45.0 Å². The number of hydrogen-bond acceptors (Lipinski definition) is 6. The lowest BCUT2D eigenvalue weighted by molar-refractivity contribution is -0.136. The fraction of sp³-hybridized carbons (Fsp3) is 0.273. The molecule has 2 amide bonds. The average Bonchev–Trinajstić information content (AvgIpc) is 3.21. The number of nitrogens with zero attached hydrogens (tertiary/aromatic N) is 3. The van der Waals surface area contributed by atoms with E-state index in [1.54, 1.807) is 19.1 Å². The summed E-state index contributed by atoms with van der Waals surface area (Å²) in [5.74, 6) is -2.55. The first kappa shape index (κ1) is 18.9. The summed E-state index contributed by atoms with van der Waals surface area (Å²) in [4.78, 5) is 40.2. The molecule has 2 aliphatic heterocycles. The van der Waals surface area contributed by atoms with Gasteiger partial charge in [0.2, 0.25) is 5.91 Å². The number of fused-ring (bicyclic) bond motifs is 1. The molecular formula is C22H21N3O4. The second kappa shape index (κ2) is 7.16. The second-order valence-corrected chi connectivity index (χ2v) is 7.16. The van der Waals surface area contributed by atoms with E-state index in [4.69, 9.17) is 4.74 Å². The Kier molecular flexibility index (Phi) is 4.66. The van der Waals surface area contributed by atoms with Crippen molar-refractivity contribution in [2.24, 2.45) is 11.0 Å². The Balaban J connectivity index is 1.78. The van der Waals surface area contributed by atoms with Crippen LogP contribution in [0.2, 0.25) is 0 Å². The molecule has 2 atom stereocenters. The van der Waals surface area contributed by atoms with E-state index in [-0.39, 0.29) is 12.3 Å². The molecule has 0 aliphatic carbocycles. The molecule has 1 saturated heterocycles. The van der Waals surface area contributed by atoms with Crippen LogP contribution in [0.25, 0.3) is 0 Å². The van der Waals surface area contributed by atoms with Gasteiger partial charge in [-0.3, -0.25) is 14.6 Å². The van der Waals surface area contributed by atoms with Gasteiger partial charge >= 0.3 is 5.97 Å². The van der Waals surface area contributed by atoms with Crippen molar-refractivity contribution < 1.29 is 19.1 Å². The smallest absolute Gasteiger partial charge is 0.355 e. The molecule has 148 valence electrons. The number of carbonyl (C=O) groups is 3. The third-order valence-electron chi connectivity index (χ3n) is 5.12. The number of esters is 1. The highest BCUT2D eigenvalue weighted by atomic mass is 16.5. The van der Waals surface area contributed by atoms with Crippen LogP contribution in [0.15, 0.2) is 53.6 Å². The van der Waals surface area contributed by atoms with Gasteiger partial charge in [-0.25, -0.2) is 9.69 Å². The number of benzene rings is 2.